The molecule has 26 heavy (non-hydrogen) atoms. The summed E-state index contributed by atoms with van der Waals surface area (Å²) in [6.07, 6.45) is 0.882. The zero-order valence-electron chi connectivity index (χ0n) is 14.6. The summed E-state index contributed by atoms with van der Waals surface area (Å²) in [4.78, 5) is 14.4. The third-order valence-electron chi connectivity index (χ3n) is 4.12. The highest BCUT2D eigenvalue weighted by molar-refractivity contribution is 5.91. The maximum Gasteiger partial charge on any atom is 0.286 e. The Morgan fingerprint density at radius 3 is 2.69 bits per heavy atom. The van der Waals surface area contributed by atoms with Gasteiger partial charge < -0.3 is 19.2 Å². The van der Waals surface area contributed by atoms with Crippen molar-refractivity contribution in [3.8, 4) is 5.75 Å². The summed E-state index contributed by atoms with van der Waals surface area (Å²) in [6.45, 7) is 5.17. The molecule has 0 atom stereocenters. The van der Waals surface area contributed by atoms with Crippen LogP contribution >= 0.6 is 0 Å². The first kappa shape index (κ1) is 18.4. The quantitative estimate of drug-likeness (QED) is 0.731. The lowest BCUT2D eigenvalue weighted by Gasteiger charge is -2.26. The SMILES string of the molecule is O=C(NCCCN1CCOCC1)c1ccc(COc2ccc(F)cc2)o1. The maximum atomic E-state index is 12.8. The van der Waals surface area contributed by atoms with Gasteiger partial charge in [-0.3, -0.25) is 9.69 Å². The predicted molar refractivity (Wildman–Crippen MR) is 93.6 cm³/mol. The Hall–Kier alpha value is -2.38. The van der Waals surface area contributed by atoms with Gasteiger partial charge in [-0.25, -0.2) is 4.39 Å². The van der Waals surface area contributed by atoms with Crippen LogP contribution in [0, 0.1) is 5.82 Å². The van der Waals surface area contributed by atoms with Crippen LogP contribution < -0.4 is 10.1 Å². The Morgan fingerprint density at radius 1 is 1.15 bits per heavy atom. The van der Waals surface area contributed by atoms with Gasteiger partial charge in [0.15, 0.2) is 5.76 Å². The Bertz CT molecular complexity index is 696. The number of hydrogen-bond acceptors (Lipinski definition) is 5. The summed E-state index contributed by atoms with van der Waals surface area (Å²) in [7, 11) is 0. The average molecular weight is 362 g/mol. The molecule has 0 radical (unpaired) electrons. The fourth-order valence-electron chi connectivity index (χ4n) is 2.68. The molecule has 1 fully saturated rings. The number of hydrogen-bond donors (Lipinski definition) is 1. The number of carbonyl (C=O) groups excluding carboxylic acids is 1. The van der Waals surface area contributed by atoms with Gasteiger partial charge in [-0.2, -0.15) is 0 Å². The van der Waals surface area contributed by atoms with E-state index in [0.717, 1.165) is 39.3 Å². The third-order valence-corrected chi connectivity index (χ3v) is 4.12. The minimum absolute atomic E-state index is 0.177. The Morgan fingerprint density at radius 2 is 1.92 bits per heavy atom. The van der Waals surface area contributed by atoms with Crippen molar-refractivity contribution in [1.82, 2.24) is 10.2 Å². The van der Waals surface area contributed by atoms with E-state index in [1.807, 2.05) is 0 Å². The average Bonchev–Trinajstić information content (AvgIpc) is 3.15. The molecule has 0 spiro atoms. The van der Waals surface area contributed by atoms with Crippen molar-refractivity contribution < 1.29 is 23.1 Å². The molecule has 2 aromatic rings. The molecule has 1 N–H and O–H groups in total. The van der Waals surface area contributed by atoms with E-state index < -0.39 is 0 Å². The highest BCUT2D eigenvalue weighted by atomic mass is 19.1. The van der Waals surface area contributed by atoms with Gasteiger partial charge in [0.05, 0.1) is 13.2 Å². The van der Waals surface area contributed by atoms with Crippen LogP contribution in [0.5, 0.6) is 5.75 Å². The summed E-state index contributed by atoms with van der Waals surface area (Å²) in [6, 6.07) is 9.06. The Kier molecular flexibility index (Phi) is 6.62. The monoisotopic (exact) mass is 362 g/mol. The van der Waals surface area contributed by atoms with E-state index in [-0.39, 0.29) is 24.1 Å². The van der Waals surface area contributed by atoms with E-state index in [2.05, 4.69) is 10.2 Å². The number of nitrogens with one attached hydrogen (secondary N) is 1. The smallest absolute Gasteiger partial charge is 0.286 e. The summed E-state index contributed by atoms with van der Waals surface area (Å²) < 4.78 is 29.2. The molecular weight excluding hydrogens is 339 g/mol. The molecule has 3 rings (SSSR count). The minimum atomic E-state index is -0.317. The van der Waals surface area contributed by atoms with Crippen molar-refractivity contribution in [2.24, 2.45) is 0 Å². The molecule has 6 nitrogen and oxygen atoms in total. The number of amides is 1. The Labute approximate surface area is 151 Å². The van der Waals surface area contributed by atoms with Gasteiger partial charge in [0.1, 0.15) is 23.9 Å². The van der Waals surface area contributed by atoms with Crippen molar-refractivity contribution in [2.75, 3.05) is 39.4 Å². The van der Waals surface area contributed by atoms with Gasteiger partial charge in [-0.15, -0.1) is 0 Å². The molecule has 2 heterocycles. The minimum Gasteiger partial charge on any atom is -0.486 e. The van der Waals surface area contributed by atoms with Crippen molar-refractivity contribution in [3.05, 3.63) is 53.7 Å². The number of ether oxygens (including phenoxy) is 2. The van der Waals surface area contributed by atoms with Crippen molar-refractivity contribution >= 4 is 5.91 Å². The predicted octanol–water partition coefficient (Wildman–Crippen LogP) is 2.45. The van der Waals surface area contributed by atoms with Gasteiger partial charge in [-0.05, 0) is 49.4 Å². The molecule has 1 aliphatic heterocycles. The summed E-state index contributed by atoms with van der Waals surface area (Å²) in [5, 5.41) is 2.86. The number of morpholine rings is 1. The molecular formula is C19H23FN2O4. The van der Waals surface area contributed by atoms with Gasteiger partial charge >= 0.3 is 0 Å². The molecule has 140 valence electrons. The highest BCUT2D eigenvalue weighted by Gasteiger charge is 2.12. The topological polar surface area (TPSA) is 63.9 Å². The molecule has 7 heteroatoms. The van der Waals surface area contributed by atoms with Gasteiger partial charge in [0.2, 0.25) is 0 Å². The number of halogens is 1. The normalized spacial score (nSPS) is 15.0. The molecule has 1 aromatic carbocycles. The third kappa shape index (κ3) is 5.57. The first-order valence-corrected chi connectivity index (χ1v) is 8.76. The summed E-state index contributed by atoms with van der Waals surface area (Å²) >= 11 is 0. The maximum absolute atomic E-state index is 12.8. The Balaban J connectivity index is 1.37. The number of nitrogens with zero attached hydrogens (tertiary/aromatic N) is 1. The standard InChI is InChI=1S/C19H23FN2O4/c20-15-2-4-16(5-3-15)25-14-17-6-7-18(26-17)19(23)21-8-1-9-22-10-12-24-13-11-22/h2-7H,1,8-14H2,(H,21,23). The second-order valence-electron chi connectivity index (χ2n) is 6.07. The first-order valence-electron chi connectivity index (χ1n) is 8.76. The molecule has 1 aromatic heterocycles. The lowest BCUT2D eigenvalue weighted by Crippen LogP contribution is -2.38. The lowest BCUT2D eigenvalue weighted by molar-refractivity contribution is 0.0374. The van der Waals surface area contributed by atoms with Crippen LogP contribution in [0.15, 0.2) is 40.8 Å². The highest BCUT2D eigenvalue weighted by Crippen LogP contribution is 2.15. The summed E-state index contributed by atoms with van der Waals surface area (Å²) in [5.74, 6) is 0.779. The molecule has 1 aliphatic rings. The zero-order chi connectivity index (χ0) is 18.2. The van der Waals surface area contributed by atoms with Crippen molar-refractivity contribution in [2.45, 2.75) is 13.0 Å². The first-order chi connectivity index (χ1) is 12.7. The molecule has 1 saturated heterocycles. The van der Waals surface area contributed by atoms with Crippen LogP contribution in [0.3, 0.4) is 0 Å². The van der Waals surface area contributed by atoms with E-state index in [4.69, 9.17) is 13.9 Å². The van der Waals surface area contributed by atoms with Gasteiger partial charge in [0, 0.05) is 19.6 Å². The van der Waals surface area contributed by atoms with Crippen molar-refractivity contribution in [1.29, 1.82) is 0 Å². The fourth-order valence-corrected chi connectivity index (χ4v) is 2.68. The van der Waals surface area contributed by atoms with E-state index in [1.54, 1.807) is 24.3 Å². The van der Waals surface area contributed by atoms with E-state index in [1.165, 1.54) is 12.1 Å². The molecule has 0 saturated carbocycles. The zero-order valence-corrected chi connectivity index (χ0v) is 14.6. The van der Waals surface area contributed by atoms with E-state index >= 15 is 0 Å². The largest absolute Gasteiger partial charge is 0.486 e. The van der Waals surface area contributed by atoms with Crippen LogP contribution in [-0.4, -0.2) is 50.2 Å². The number of rotatable bonds is 8. The lowest BCUT2D eigenvalue weighted by atomic mass is 10.3. The van der Waals surface area contributed by atoms with E-state index in [0.29, 0.717) is 18.1 Å². The molecule has 1 amide bonds. The number of carbonyl (C=O) groups is 1. The van der Waals surface area contributed by atoms with Gasteiger partial charge in [0.25, 0.3) is 5.91 Å². The number of benzene rings is 1. The second-order valence-corrected chi connectivity index (χ2v) is 6.07. The molecule has 0 unspecified atom stereocenters. The number of furan rings is 1. The van der Waals surface area contributed by atoms with Crippen LogP contribution in [0.1, 0.15) is 22.7 Å². The van der Waals surface area contributed by atoms with Crippen LogP contribution in [0.4, 0.5) is 4.39 Å². The summed E-state index contributed by atoms with van der Waals surface area (Å²) in [5.41, 5.74) is 0. The molecule has 0 bridgehead atoms. The molecule has 0 aliphatic carbocycles. The van der Waals surface area contributed by atoms with Crippen molar-refractivity contribution in [3.63, 3.8) is 0 Å². The van der Waals surface area contributed by atoms with Gasteiger partial charge in [-0.1, -0.05) is 0 Å². The second kappa shape index (κ2) is 9.35. The van der Waals surface area contributed by atoms with Crippen LogP contribution in [0.2, 0.25) is 0 Å². The van der Waals surface area contributed by atoms with Crippen LogP contribution in [-0.2, 0) is 11.3 Å². The van der Waals surface area contributed by atoms with Crippen LogP contribution in [0.25, 0.3) is 0 Å². The fraction of sp³-hybridized carbons (Fsp3) is 0.421. The van der Waals surface area contributed by atoms with E-state index in [9.17, 15) is 9.18 Å².